The Morgan fingerprint density at radius 3 is 2.38 bits per heavy atom. The van der Waals surface area contributed by atoms with Crippen molar-refractivity contribution >= 4 is 57.0 Å². The Kier molecular flexibility index (Phi) is 3.24. The van der Waals surface area contributed by atoms with Crippen LogP contribution in [-0.4, -0.2) is 26.4 Å². The molecule has 2 amide bonds. The minimum absolute atomic E-state index is 0.0756. The van der Waals surface area contributed by atoms with Crippen LogP contribution in [0.4, 0.5) is 5.69 Å². The molecule has 24 heavy (non-hydrogen) atoms. The van der Waals surface area contributed by atoms with E-state index in [1.54, 1.807) is 0 Å². The van der Waals surface area contributed by atoms with Crippen LogP contribution in [0, 0.1) is 6.92 Å². The zero-order valence-corrected chi connectivity index (χ0v) is 14.2. The summed E-state index contributed by atoms with van der Waals surface area (Å²) in [5.74, 6) is -1.10. The molecule has 0 bridgehead atoms. The molecule has 0 N–H and O–H groups in total. The molecule has 10 heteroatoms. The summed E-state index contributed by atoms with van der Waals surface area (Å²) in [7, 11) is 0. The van der Waals surface area contributed by atoms with Crippen LogP contribution in [-0.2, 0) is 0 Å². The number of carbonyl (C=O) groups is 2. The van der Waals surface area contributed by atoms with E-state index in [9.17, 15) is 14.4 Å². The Bertz CT molecular complexity index is 1100. The van der Waals surface area contributed by atoms with Gasteiger partial charge in [0.1, 0.15) is 10.6 Å². The molecule has 0 radical (unpaired) electrons. The van der Waals surface area contributed by atoms with Crippen molar-refractivity contribution in [1.82, 2.24) is 14.6 Å². The highest BCUT2D eigenvalue weighted by atomic mass is 35.5. The number of carbonyl (C=O) groups excluding carboxylic acids is 2. The number of rotatable bonds is 1. The molecule has 1 aromatic carbocycles. The smallest absolute Gasteiger partial charge is 0.267 e. The number of amides is 2. The Hall–Kier alpha value is -2.29. The van der Waals surface area contributed by atoms with Gasteiger partial charge in [-0.1, -0.05) is 34.5 Å². The molecule has 2 aromatic heterocycles. The highest BCUT2D eigenvalue weighted by Crippen LogP contribution is 2.35. The summed E-state index contributed by atoms with van der Waals surface area (Å²) >= 11 is 12.8. The van der Waals surface area contributed by atoms with Gasteiger partial charge in [0.25, 0.3) is 17.4 Å². The lowest BCUT2D eigenvalue weighted by molar-refractivity contribution is 0.0924. The second-order valence-electron chi connectivity index (χ2n) is 5.05. The first-order valence-corrected chi connectivity index (χ1v) is 8.19. The van der Waals surface area contributed by atoms with Crippen molar-refractivity contribution in [3.05, 3.63) is 54.9 Å². The van der Waals surface area contributed by atoms with Gasteiger partial charge in [0, 0.05) is 10.0 Å². The SMILES string of the molecule is Cc1nn2c3c(sc2nc1=O)C(=O)N(c1cc(Cl)cc(Cl)c1)C3=O. The van der Waals surface area contributed by atoms with Gasteiger partial charge in [-0.05, 0) is 25.1 Å². The Morgan fingerprint density at radius 2 is 1.71 bits per heavy atom. The van der Waals surface area contributed by atoms with Gasteiger partial charge in [-0.25, -0.2) is 4.90 Å². The molecule has 0 saturated heterocycles. The van der Waals surface area contributed by atoms with Gasteiger partial charge < -0.3 is 0 Å². The van der Waals surface area contributed by atoms with Gasteiger partial charge in [-0.15, -0.1) is 0 Å². The van der Waals surface area contributed by atoms with Crippen LogP contribution >= 0.6 is 34.5 Å². The summed E-state index contributed by atoms with van der Waals surface area (Å²) in [6.07, 6.45) is 0. The standard InChI is InChI=1S/C14H6Cl2N4O3S/c1-5-11(21)17-14-20(18-5)9-10(24-14)13(23)19(12(9)22)8-3-6(15)2-7(16)4-8/h2-4H,1H3. The van der Waals surface area contributed by atoms with Gasteiger partial charge >= 0.3 is 0 Å². The second kappa shape index (κ2) is 5.10. The number of aromatic nitrogens is 3. The zero-order valence-electron chi connectivity index (χ0n) is 11.9. The second-order valence-corrected chi connectivity index (χ2v) is 6.90. The normalized spacial score (nSPS) is 13.9. The predicted octanol–water partition coefficient (Wildman–Crippen LogP) is 2.57. The van der Waals surface area contributed by atoms with E-state index in [2.05, 4.69) is 10.1 Å². The van der Waals surface area contributed by atoms with Crippen molar-refractivity contribution in [2.45, 2.75) is 6.92 Å². The summed E-state index contributed by atoms with van der Waals surface area (Å²) in [6.45, 7) is 1.49. The Morgan fingerprint density at radius 1 is 1.04 bits per heavy atom. The van der Waals surface area contributed by atoms with Crippen molar-refractivity contribution in [1.29, 1.82) is 0 Å². The molecular formula is C14H6Cl2N4O3S. The molecule has 0 atom stereocenters. The molecule has 3 heterocycles. The predicted molar refractivity (Wildman–Crippen MR) is 89.5 cm³/mol. The lowest BCUT2D eigenvalue weighted by Crippen LogP contribution is -2.30. The maximum Gasteiger partial charge on any atom is 0.295 e. The molecule has 0 saturated carbocycles. The van der Waals surface area contributed by atoms with E-state index in [0.29, 0.717) is 10.0 Å². The van der Waals surface area contributed by atoms with Crippen molar-refractivity contribution in [3.63, 3.8) is 0 Å². The molecule has 0 unspecified atom stereocenters. The number of aryl methyl sites for hydroxylation is 1. The van der Waals surface area contributed by atoms with E-state index in [1.807, 2.05) is 0 Å². The van der Waals surface area contributed by atoms with E-state index in [1.165, 1.54) is 29.6 Å². The Labute approximate surface area is 148 Å². The third-order valence-electron chi connectivity index (χ3n) is 3.47. The first-order valence-electron chi connectivity index (χ1n) is 6.62. The van der Waals surface area contributed by atoms with Gasteiger partial charge in [0.05, 0.1) is 5.69 Å². The van der Waals surface area contributed by atoms with Gasteiger partial charge in [-0.2, -0.15) is 14.6 Å². The monoisotopic (exact) mass is 380 g/mol. The van der Waals surface area contributed by atoms with Crippen LogP contribution in [0.2, 0.25) is 10.0 Å². The number of hydrogen-bond donors (Lipinski definition) is 0. The highest BCUT2D eigenvalue weighted by molar-refractivity contribution is 7.19. The fourth-order valence-electron chi connectivity index (χ4n) is 2.43. The quantitative estimate of drug-likeness (QED) is 0.605. The van der Waals surface area contributed by atoms with E-state index in [4.69, 9.17) is 23.2 Å². The largest absolute Gasteiger partial charge is 0.295 e. The maximum absolute atomic E-state index is 12.8. The van der Waals surface area contributed by atoms with E-state index in [0.717, 1.165) is 16.2 Å². The van der Waals surface area contributed by atoms with Crippen molar-refractivity contribution in [3.8, 4) is 0 Å². The molecule has 0 spiro atoms. The molecule has 4 rings (SSSR count). The maximum atomic E-state index is 12.8. The summed E-state index contributed by atoms with van der Waals surface area (Å²) in [5, 5.41) is 4.66. The van der Waals surface area contributed by atoms with Gasteiger partial charge in [0.15, 0.2) is 5.69 Å². The number of fused-ring (bicyclic) bond motifs is 3. The molecule has 0 fully saturated rings. The molecule has 0 aliphatic carbocycles. The van der Waals surface area contributed by atoms with Crippen molar-refractivity contribution < 1.29 is 9.59 Å². The number of benzene rings is 1. The van der Waals surface area contributed by atoms with Crippen molar-refractivity contribution in [2.24, 2.45) is 0 Å². The van der Waals surface area contributed by atoms with Crippen LogP contribution in [0.3, 0.4) is 0 Å². The van der Waals surface area contributed by atoms with Crippen LogP contribution < -0.4 is 10.5 Å². The Balaban J connectivity index is 1.93. The summed E-state index contributed by atoms with van der Waals surface area (Å²) in [4.78, 5) is 42.2. The van der Waals surface area contributed by atoms with Crippen LogP contribution in [0.15, 0.2) is 23.0 Å². The van der Waals surface area contributed by atoms with E-state index in [-0.39, 0.29) is 26.9 Å². The van der Waals surface area contributed by atoms with Gasteiger partial charge in [0.2, 0.25) is 4.96 Å². The van der Waals surface area contributed by atoms with Crippen LogP contribution in [0.25, 0.3) is 4.96 Å². The number of hydrogen-bond acceptors (Lipinski definition) is 6. The van der Waals surface area contributed by atoms with Gasteiger partial charge in [-0.3, -0.25) is 14.4 Å². The number of imide groups is 1. The average Bonchev–Trinajstić information content (AvgIpc) is 2.95. The number of nitrogens with zero attached hydrogens (tertiary/aromatic N) is 4. The fraction of sp³-hybridized carbons (Fsp3) is 0.0714. The molecular weight excluding hydrogens is 375 g/mol. The zero-order chi connectivity index (χ0) is 17.2. The third kappa shape index (κ3) is 2.07. The highest BCUT2D eigenvalue weighted by Gasteiger charge is 2.42. The summed E-state index contributed by atoms with van der Waals surface area (Å²) < 4.78 is 1.23. The number of halogens is 2. The van der Waals surface area contributed by atoms with Crippen LogP contribution in [0.1, 0.15) is 25.9 Å². The fourth-order valence-corrected chi connectivity index (χ4v) is 3.93. The molecule has 7 nitrogen and oxygen atoms in total. The molecule has 1 aliphatic rings. The first-order chi connectivity index (χ1) is 11.4. The molecule has 1 aliphatic heterocycles. The topological polar surface area (TPSA) is 84.6 Å². The number of anilines is 1. The van der Waals surface area contributed by atoms with E-state index < -0.39 is 17.4 Å². The lowest BCUT2D eigenvalue weighted by atomic mass is 10.3. The lowest BCUT2D eigenvalue weighted by Gasteiger charge is -2.14. The minimum Gasteiger partial charge on any atom is -0.267 e. The number of thiazole rings is 1. The van der Waals surface area contributed by atoms with Crippen LogP contribution in [0.5, 0.6) is 0 Å². The van der Waals surface area contributed by atoms with Crippen molar-refractivity contribution in [2.75, 3.05) is 4.90 Å². The average molecular weight is 381 g/mol. The minimum atomic E-state index is -0.572. The molecule has 120 valence electrons. The third-order valence-corrected chi connectivity index (χ3v) is 4.92. The molecule has 3 aromatic rings. The van der Waals surface area contributed by atoms with E-state index >= 15 is 0 Å². The summed E-state index contributed by atoms with van der Waals surface area (Å²) in [6, 6.07) is 4.45. The first kappa shape index (κ1) is 15.3. The summed E-state index contributed by atoms with van der Waals surface area (Å²) in [5.41, 5.74) is -0.0117.